The fourth-order valence-electron chi connectivity index (χ4n) is 3.22. The Bertz CT molecular complexity index is 1040. The molecule has 3 aromatic carbocycles. The van der Waals surface area contributed by atoms with Gasteiger partial charge in [-0.3, -0.25) is 0 Å². The first kappa shape index (κ1) is 15.7. The summed E-state index contributed by atoms with van der Waals surface area (Å²) in [4.78, 5) is 4.73. The van der Waals surface area contributed by atoms with Gasteiger partial charge in [-0.05, 0) is 34.5 Å². The van der Waals surface area contributed by atoms with Crippen LogP contribution in [0.3, 0.4) is 0 Å². The second-order valence-electron chi connectivity index (χ2n) is 6.08. The predicted molar refractivity (Wildman–Crippen MR) is 100 cm³/mol. The highest BCUT2D eigenvalue weighted by molar-refractivity contribution is 5.83. The van der Waals surface area contributed by atoms with Crippen LogP contribution >= 0.6 is 0 Å². The van der Waals surface area contributed by atoms with Gasteiger partial charge in [0.1, 0.15) is 18.2 Å². The van der Waals surface area contributed by atoms with Crippen molar-refractivity contribution in [3.8, 4) is 5.75 Å². The molecule has 25 heavy (non-hydrogen) atoms. The van der Waals surface area contributed by atoms with Crippen LogP contribution in [0.5, 0.6) is 5.75 Å². The highest BCUT2D eigenvalue weighted by Gasteiger charge is 2.12. The van der Waals surface area contributed by atoms with Crippen molar-refractivity contribution < 1.29 is 9.47 Å². The van der Waals surface area contributed by atoms with Crippen LogP contribution in [0, 0.1) is 0 Å². The van der Waals surface area contributed by atoms with E-state index >= 15 is 0 Å². The van der Waals surface area contributed by atoms with E-state index in [9.17, 15) is 0 Å². The van der Waals surface area contributed by atoms with Crippen molar-refractivity contribution in [3.05, 3.63) is 72.1 Å². The molecule has 1 heterocycles. The Balaban J connectivity index is 1.79. The molecule has 0 spiro atoms. The second-order valence-corrected chi connectivity index (χ2v) is 6.08. The summed E-state index contributed by atoms with van der Waals surface area (Å²) in [6.07, 6.45) is 0. The van der Waals surface area contributed by atoms with E-state index in [4.69, 9.17) is 14.5 Å². The Morgan fingerprint density at radius 2 is 1.76 bits per heavy atom. The number of fused-ring (bicyclic) bond motifs is 2. The number of ether oxygens (including phenoxy) is 2. The average molecular weight is 332 g/mol. The summed E-state index contributed by atoms with van der Waals surface area (Å²) in [5.41, 5.74) is 3.25. The lowest BCUT2D eigenvalue weighted by molar-refractivity contribution is 0.175. The number of rotatable bonds is 5. The molecule has 0 aliphatic carbocycles. The zero-order valence-electron chi connectivity index (χ0n) is 14.4. The van der Waals surface area contributed by atoms with Crippen molar-refractivity contribution >= 4 is 21.8 Å². The van der Waals surface area contributed by atoms with Crippen molar-refractivity contribution in [2.75, 3.05) is 14.2 Å². The van der Waals surface area contributed by atoms with E-state index in [1.165, 1.54) is 16.3 Å². The third kappa shape index (κ3) is 2.96. The molecule has 0 N–H and O–H groups in total. The molecule has 4 nitrogen and oxygen atoms in total. The normalized spacial score (nSPS) is 11.3. The number of imidazole rings is 1. The lowest BCUT2D eigenvalue weighted by Crippen LogP contribution is -2.06. The van der Waals surface area contributed by atoms with Gasteiger partial charge in [-0.1, -0.05) is 36.4 Å². The zero-order chi connectivity index (χ0) is 17.2. The fourth-order valence-corrected chi connectivity index (χ4v) is 3.22. The Labute approximate surface area is 146 Å². The minimum Gasteiger partial charge on any atom is -0.497 e. The lowest BCUT2D eigenvalue weighted by atomic mass is 10.1. The molecule has 4 aromatic rings. The Morgan fingerprint density at radius 3 is 2.56 bits per heavy atom. The molecule has 4 heteroatoms. The summed E-state index contributed by atoms with van der Waals surface area (Å²) in [6.45, 7) is 1.23. The quantitative estimate of drug-likeness (QED) is 0.544. The van der Waals surface area contributed by atoms with Gasteiger partial charge in [0, 0.05) is 19.7 Å². The first-order valence-corrected chi connectivity index (χ1v) is 8.28. The maximum Gasteiger partial charge on any atom is 0.136 e. The molecule has 1 aromatic heterocycles. The SMILES string of the molecule is COCc1nc2cc(OC)ccc2n1Cc1ccc2ccccc2c1. The molecule has 0 aliphatic rings. The number of hydrogen-bond donors (Lipinski definition) is 0. The predicted octanol–water partition coefficient (Wildman–Crippen LogP) is 4.39. The largest absolute Gasteiger partial charge is 0.497 e. The van der Waals surface area contributed by atoms with Crippen LogP contribution in [0.1, 0.15) is 11.4 Å². The van der Waals surface area contributed by atoms with Crippen LogP contribution in [0.2, 0.25) is 0 Å². The smallest absolute Gasteiger partial charge is 0.136 e. The molecule has 0 amide bonds. The van der Waals surface area contributed by atoms with E-state index in [2.05, 4.69) is 53.1 Å². The van der Waals surface area contributed by atoms with E-state index in [1.54, 1.807) is 14.2 Å². The van der Waals surface area contributed by atoms with E-state index < -0.39 is 0 Å². The van der Waals surface area contributed by atoms with Gasteiger partial charge in [0.05, 0.1) is 18.1 Å². The van der Waals surface area contributed by atoms with Crippen molar-refractivity contribution in [1.82, 2.24) is 9.55 Å². The molecule has 126 valence electrons. The molecule has 0 aliphatic heterocycles. The fraction of sp³-hybridized carbons (Fsp3) is 0.190. The van der Waals surface area contributed by atoms with Crippen LogP contribution in [0.15, 0.2) is 60.7 Å². The molecule has 0 unspecified atom stereocenters. The molecule has 0 saturated heterocycles. The van der Waals surface area contributed by atoms with Crippen molar-refractivity contribution in [2.24, 2.45) is 0 Å². The zero-order valence-corrected chi connectivity index (χ0v) is 14.4. The first-order valence-electron chi connectivity index (χ1n) is 8.28. The number of nitrogens with zero attached hydrogens (tertiary/aromatic N) is 2. The third-order valence-electron chi connectivity index (χ3n) is 4.46. The standard InChI is InChI=1S/C21H20N2O2/c1-24-14-21-22-19-12-18(25-2)9-10-20(19)23(21)13-15-7-8-16-5-3-4-6-17(16)11-15/h3-12H,13-14H2,1-2H3. The summed E-state index contributed by atoms with van der Waals surface area (Å²) in [5.74, 6) is 1.73. The Hall–Kier alpha value is -2.85. The summed E-state index contributed by atoms with van der Waals surface area (Å²) in [6, 6.07) is 21.0. The molecule has 0 fully saturated rings. The number of methoxy groups -OCH3 is 2. The van der Waals surface area contributed by atoms with Crippen molar-refractivity contribution in [1.29, 1.82) is 0 Å². The Morgan fingerprint density at radius 1 is 0.920 bits per heavy atom. The van der Waals surface area contributed by atoms with Gasteiger partial charge in [0.2, 0.25) is 0 Å². The maximum absolute atomic E-state index is 5.35. The number of aromatic nitrogens is 2. The van der Waals surface area contributed by atoms with E-state index in [1.807, 2.05) is 12.1 Å². The van der Waals surface area contributed by atoms with E-state index in [0.29, 0.717) is 6.61 Å². The van der Waals surface area contributed by atoms with Crippen molar-refractivity contribution in [3.63, 3.8) is 0 Å². The minimum absolute atomic E-state index is 0.477. The van der Waals surface area contributed by atoms with Gasteiger partial charge in [-0.15, -0.1) is 0 Å². The minimum atomic E-state index is 0.477. The molecule has 0 bridgehead atoms. The van der Waals surface area contributed by atoms with Gasteiger partial charge in [-0.25, -0.2) is 4.98 Å². The average Bonchev–Trinajstić information content (AvgIpc) is 2.98. The molecular weight excluding hydrogens is 312 g/mol. The molecule has 0 atom stereocenters. The summed E-state index contributed by atoms with van der Waals surface area (Å²) >= 11 is 0. The van der Waals surface area contributed by atoms with Crippen LogP contribution in [-0.4, -0.2) is 23.8 Å². The highest BCUT2D eigenvalue weighted by atomic mass is 16.5. The van der Waals surface area contributed by atoms with E-state index in [0.717, 1.165) is 29.2 Å². The Kier molecular flexibility index (Phi) is 4.12. The van der Waals surface area contributed by atoms with Crippen molar-refractivity contribution in [2.45, 2.75) is 13.2 Å². The maximum atomic E-state index is 5.35. The van der Waals surface area contributed by atoms with Crippen LogP contribution < -0.4 is 4.74 Å². The number of hydrogen-bond acceptors (Lipinski definition) is 3. The first-order chi connectivity index (χ1) is 12.3. The molecular formula is C21H20N2O2. The molecule has 4 rings (SSSR count). The van der Waals surface area contributed by atoms with Crippen LogP contribution in [0.4, 0.5) is 0 Å². The lowest BCUT2D eigenvalue weighted by Gasteiger charge is -2.10. The molecule has 0 radical (unpaired) electrons. The molecule has 0 saturated carbocycles. The second kappa shape index (κ2) is 6.57. The van der Waals surface area contributed by atoms with Gasteiger partial charge in [-0.2, -0.15) is 0 Å². The summed E-state index contributed by atoms with van der Waals surface area (Å²) < 4.78 is 12.9. The highest BCUT2D eigenvalue weighted by Crippen LogP contribution is 2.24. The number of benzene rings is 3. The van der Waals surface area contributed by atoms with Gasteiger partial charge in [0.25, 0.3) is 0 Å². The van der Waals surface area contributed by atoms with E-state index in [-0.39, 0.29) is 0 Å². The monoisotopic (exact) mass is 332 g/mol. The van der Waals surface area contributed by atoms with Gasteiger partial charge < -0.3 is 14.0 Å². The van der Waals surface area contributed by atoms with Crippen LogP contribution in [-0.2, 0) is 17.9 Å². The summed E-state index contributed by atoms with van der Waals surface area (Å²) in [7, 11) is 3.36. The van der Waals surface area contributed by atoms with Gasteiger partial charge >= 0.3 is 0 Å². The van der Waals surface area contributed by atoms with Crippen LogP contribution in [0.25, 0.3) is 21.8 Å². The summed E-state index contributed by atoms with van der Waals surface area (Å²) in [5, 5.41) is 2.50. The topological polar surface area (TPSA) is 36.3 Å². The van der Waals surface area contributed by atoms with Gasteiger partial charge in [0.15, 0.2) is 0 Å². The third-order valence-corrected chi connectivity index (χ3v) is 4.46.